The van der Waals surface area contributed by atoms with E-state index in [-0.39, 0.29) is 6.03 Å². The number of urea groups is 1. The molecule has 0 aliphatic rings. The Morgan fingerprint density at radius 2 is 2.05 bits per heavy atom. The average Bonchev–Trinajstić information content (AvgIpc) is 2.96. The van der Waals surface area contributed by atoms with Gasteiger partial charge in [0.25, 0.3) is 0 Å². The summed E-state index contributed by atoms with van der Waals surface area (Å²) in [6.45, 7) is 1.04. The molecule has 2 aromatic rings. The molecule has 4 nitrogen and oxygen atoms in total. The molecule has 19 heavy (non-hydrogen) atoms. The zero-order valence-electron chi connectivity index (χ0n) is 10.7. The van der Waals surface area contributed by atoms with E-state index in [0.717, 1.165) is 16.2 Å². The first-order valence-electron chi connectivity index (χ1n) is 5.95. The second-order valence-corrected chi connectivity index (χ2v) is 5.00. The Morgan fingerprint density at radius 1 is 1.21 bits per heavy atom. The zero-order valence-corrected chi connectivity index (χ0v) is 11.5. The molecule has 100 valence electrons. The highest BCUT2D eigenvalue weighted by molar-refractivity contribution is 7.09. The van der Waals surface area contributed by atoms with E-state index in [9.17, 15) is 4.79 Å². The summed E-state index contributed by atoms with van der Waals surface area (Å²) in [6, 6.07) is 11.4. The Labute approximate surface area is 116 Å². The van der Waals surface area contributed by atoms with Crippen molar-refractivity contribution >= 4 is 17.4 Å². The maximum absolute atomic E-state index is 11.6. The predicted octanol–water partition coefficient (Wildman–Crippen LogP) is 2.76. The number of carbonyl (C=O) groups excluding carboxylic acids is 1. The molecule has 0 unspecified atom stereocenters. The van der Waals surface area contributed by atoms with Gasteiger partial charge >= 0.3 is 6.03 Å². The van der Waals surface area contributed by atoms with Crippen LogP contribution in [0.5, 0.6) is 5.75 Å². The summed E-state index contributed by atoms with van der Waals surface area (Å²) in [4.78, 5) is 12.8. The van der Waals surface area contributed by atoms with E-state index in [4.69, 9.17) is 4.74 Å². The molecular weight excluding hydrogens is 260 g/mol. The van der Waals surface area contributed by atoms with Gasteiger partial charge in [-0.15, -0.1) is 11.3 Å². The molecule has 5 heteroatoms. The molecule has 1 aromatic carbocycles. The van der Waals surface area contributed by atoms with Gasteiger partial charge in [-0.05, 0) is 29.1 Å². The quantitative estimate of drug-likeness (QED) is 0.882. The van der Waals surface area contributed by atoms with E-state index < -0.39 is 0 Å². The Hall–Kier alpha value is -2.01. The highest BCUT2D eigenvalue weighted by Crippen LogP contribution is 2.12. The van der Waals surface area contributed by atoms with Crippen LogP contribution in [-0.4, -0.2) is 13.1 Å². The summed E-state index contributed by atoms with van der Waals surface area (Å²) in [6.07, 6.45) is 0. The largest absolute Gasteiger partial charge is 0.497 e. The maximum Gasteiger partial charge on any atom is 0.315 e. The van der Waals surface area contributed by atoms with Crippen molar-refractivity contribution in [3.05, 3.63) is 52.2 Å². The molecule has 0 spiro atoms. The first kappa shape index (κ1) is 13.4. The van der Waals surface area contributed by atoms with Crippen molar-refractivity contribution in [2.75, 3.05) is 7.11 Å². The van der Waals surface area contributed by atoms with Gasteiger partial charge in [0.2, 0.25) is 0 Å². The third kappa shape index (κ3) is 4.30. The zero-order chi connectivity index (χ0) is 13.5. The Kier molecular flexibility index (Phi) is 4.80. The predicted molar refractivity (Wildman–Crippen MR) is 76.4 cm³/mol. The van der Waals surface area contributed by atoms with Crippen molar-refractivity contribution in [3.63, 3.8) is 0 Å². The van der Waals surface area contributed by atoms with Crippen LogP contribution in [0.2, 0.25) is 0 Å². The highest BCUT2D eigenvalue weighted by atomic mass is 32.1. The number of nitrogens with one attached hydrogen (secondary N) is 2. The Balaban J connectivity index is 1.76. The van der Waals surface area contributed by atoms with Crippen LogP contribution in [-0.2, 0) is 13.1 Å². The van der Waals surface area contributed by atoms with Gasteiger partial charge in [-0.3, -0.25) is 0 Å². The van der Waals surface area contributed by atoms with Gasteiger partial charge < -0.3 is 15.4 Å². The first-order valence-corrected chi connectivity index (χ1v) is 6.83. The smallest absolute Gasteiger partial charge is 0.315 e. The molecule has 0 saturated carbocycles. The van der Waals surface area contributed by atoms with Crippen LogP contribution >= 0.6 is 11.3 Å². The fourth-order valence-electron chi connectivity index (χ4n) is 1.61. The number of methoxy groups -OCH3 is 1. The lowest BCUT2D eigenvalue weighted by molar-refractivity contribution is 0.240. The molecule has 0 aliphatic heterocycles. The summed E-state index contributed by atoms with van der Waals surface area (Å²) in [5.74, 6) is 0.790. The van der Waals surface area contributed by atoms with E-state index in [1.165, 1.54) is 0 Å². The topological polar surface area (TPSA) is 50.4 Å². The van der Waals surface area contributed by atoms with Crippen LogP contribution in [0.4, 0.5) is 4.79 Å². The fourth-order valence-corrected chi connectivity index (χ4v) is 2.25. The van der Waals surface area contributed by atoms with Gasteiger partial charge in [-0.2, -0.15) is 0 Å². The van der Waals surface area contributed by atoms with E-state index in [0.29, 0.717) is 13.1 Å². The standard InChI is InChI=1S/C14H16N2O2S/c1-18-12-5-2-4-11(8-12)9-15-14(17)16-10-13-6-3-7-19-13/h2-8H,9-10H2,1H3,(H2,15,16,17). The lowest BCUT2D eigenvalue weighted by Crippen LogP contribution is -2.34. The summed E-state index contributed by atoms with van der Waals surface area (Å²) < 4.78 is 5.13. The molecular formula is C14H16N2O2S. The summed E-state index contributed by atoms with van der Waals surface area (Å²) in [5, 5.41) is 7.62. The number of hydrogen-bond donors (Lipinski definition) is 2. The highest BCUT2D eigenvalue weighted by Gasteiger charge is 2.02. The van der Waals surface area contributed by atoms with Crippen molar-refractivity contribution < 1.29 is 9.53 Å². The van der Waals surface area contributed by atoms with Gasteiger partial charge in [-0.25, -0.2) is 4.79 Å². The van der Waals surface area contributed by atoms with Crippen LogP contribution < -0.4 is 15.4 Å². The molecule has 0 fully saturated rings. The summed E-state index contributed by atoms with van der Waals surface area (Å²) in [7, 11) is 1.63. The Morgan fingerprint density at radius 3 is 2.79 bits per heavy atom. The first-order chi connectivity index (χ1) is 9.28. The number of thiophene rings is 1. The molecule has 0 atom stereocenters. The lowest BCUT2D eigenvalue weighted by Gasteiger charge is -2.08. The lowest BCUT2D eigenvalue weighted by atomic mass is 10.2. The van der Waals surface area contributed by atoms with Crippen molar-refractivity contribution in [1.29, 1.82) is 0 Å². The maximum atomic E-state index is 11.6. The average molecular weight is 276 g/mol. The van der Waals surface area contributed by atoms with E-state index in [1.54, 1.807) is 18.4 Å². The van der Waals surface area contributed by atoms with Gasteiger partial charge in [0.05, 0.1) is 13.7 Å². The second-order valence-electron chi connectivity index (χ2n) is 3.97. The molecule has 0 bridgehead atoms. The van der Waals surface area contributed by atoms with Crippen molar-refractivity contribution in [2.24, 2.45) is 0 Å². The number of rotatable bonds is 5. The molecule has 0 saturated heterocycles. The van der Waals surface area contributed by atoms with Crippen LogP contribution in [0.25, 0.3) is 0 Å². The van der Waals surface area contributed by atoms with E-state index in [2.05, 4.69) is 10.6 Å². The number of hydrogen-bond acceptors (Lipinski definition) is 3. The molecule has 2 rings (SSSR count). The van der Waals surface area contributed by atoms with Gasteiger partial charge in [0.1, 0.15) is 5.75 Å². The number of carbonyl (C=O) groups is 1. The monoisotopic (exact) mass is 276 g/mol. The van der Waals surface area contributed by atoms with Crippen LogP contribution in [0.3, 0.4) is 0 Å². The third-order valence-corrected chi connectivity index (χ3v) is 3.47. The van der Waals surface area contributed by atoms with Gasteiger partial charge in [0.15, 0.2) is 0 Å². The minimum absolute atomic E-state index is 0.170. The molecule has 0 aliphatic carbocycles. The SMILES string of the molecule is COc1cccc(CNC(=O)NCc2cccs2)c1. The van der Waals surface area contributed by atoms with Crippen LogP contribution in [0.1, 0.15) is 10.4 Å². The fraction of sp³-hybridized carbons (Fsp3) is 0.214. The third-order valence-electron chi connectivity index (χ3n) is 2.59. The van der Waals surface area contributed by atoms with Gasteiger partial charge in [0, 0.05) is 11.4 Å². The van der Waals surface area contributed by atoms with Crippen molar-refractivity contribution in [3.8, 4) is 5.75 Å². The molecule has 2 N–H and O–H groups in total. The Bertz CT molecular complexity index is 526. The van der Waals surface area contributed by atoms with Crippen molar-refractivity contribution in [2.45, 2.75) is 13.1 Å². The molecule has 2 amide bonds. The van der Waals surface area contributed by atoms with Crippen LogP contribution in [0, 0.1) is 0 Å². The number of benzene rings is 1. The number of amides is 2. The second kappa shape index (κ2) is 6.80. The molecule has 1 aromatic heterocycles. The summed E-state index contributed by atoms with van der Waals surface area (Å²) in [5.41, 5.74) is 1.01. The number of ether oxygens (including phenoxy) is 1. The minimum Gasteiger partial charge on any atom is -0.497 e. The molecule has 1 heterocycles. The van der Waals surface area contributed by atoms with Gasteiger partial charge in [-0.1, -0.05) is 18.2 Å². The summed E-state index contributed by atoms with van der Waals surface area (Å²) >= 11 is 1.63. The minimum atomic E-state index is -0.170. The van der Waals surface area contributed by atoms with E-state index >= 15 is 0 Å². The van der Waals surface area contributed by atoms with Crippen molar-refractivity contribution in [1.82, 2.24) is 10.6 Å². The van der Waals surface area contributed by atoms with Crippen LogP contribution in [0.15, 0.2) is 41.8 Å². The van der Waals surface area contributed by atoms with E-state index in [1.807, 2.05) is 41.8 Å². The normalized spacial score (nSPS) is 9.95. The molecule has 0 radical (unpaired) electrons.